The van der Waals surface area contributed by atoms with E-state index >= 15 is 0 Å². The van der Waals surface area contributed by atoms with Crippen molar-refractivity contribution in [2.45, 2.75) is 56.5 Å². The van der Waals surface area contributed by atoms with Crippen LogP contribution in [-0.2, 0) is 9.59 Å². The summed E-state index contributed by atoms with van der Waals surface area (Å²) < 4.78 is 0. The van der Waals surface area contributed by atoms with Crippen molar-refractivity contribution in [2.24, 2.45) is 5.73 Å². The first-order valence-electron chi connectivity index (χ1n) is 6.39. The minimum absolute atomic E-state index is 0.0125. The maximum Gasteiger partial charge on any atom is 0.326 e. The van der Waals surface area contributed by atoms with E-state index in [1.54, 1.807) is 0 Å². The van der Waals surface area contributed by atoms with Crippen LogP contribution in [0, 0.1) is 0 Å². The number of aliphatic carboxylic acids is 1. The Morgan fingerprint density at radius 3 is 2.39 bits per heavy atom. The van der Waals surface area contributed by atoms with E-state index in [4.69, 9.17) is 15.9 Å². The number of aliphatic hydroxyl groups is 1. The highest BCUT2D eigenvalue weighted by molar-refractivity contribution is 5.84. The lowest BCUT2D eigenvalue weighted by atomic mass is 9.80. The molecular formula is C12H22N2O4. The molecule has 0 saturated heterocycles. The van der Waals surface area contributed by atoms with Crippen LogP contribution in [0.3, 0.4) is 0 Å². The summed E-state index contributed by atoms with van der Waals surface area (Å²) in [4.78, 5) is 22.6. The van der Waals surface area contributed by atoms with Crippen molar-refractivity contribution >= 4 is 11.9 Å². The average molecular weight is 258 g/mol. The molecule has 0 aliphatic heterocycles. The van der Waals surface area contributed by atoms with Crippen LogP contribution in [0.5, 0.6) is 0 Å². The van der Waals surface area contributed by atoms with E-state index in [2.05, 4.69) is 5.32 Å². The first-order chi connectivity index (χ1) is 8.47. The van der Waals surface area contributed by atoms with E-state index in [0.717, 1.165) is 32.1 Å². The summed E-state index contributed by atoms with van der Waals surface area (Å²) in [6.45, 7) is -0.273. The fraction of sp³-hybridized carbons (Fsp3) is 0.833. The molecule has 1 saturated carbocycles. The van der Waals surface area contributed by atoms with Gasteiger partial charge in [-0.25, -0.2) is 4.79 Å². The van der Waals surface area contributed by atoms with Crippen LogP contribution in [0.15, 0.2) is 0 Å². The summed E-state index contributed by atoms with van der Waals surface area (Å²) in [5.41, 5.74) is 5.63. The van der Waals surface area contributed by atoms with Gasteiger partial charge in [-0.05, 0) is 12.8 Å². The van der Waals surface area contributed by atoms with Gasteiger partial charge in [-0.3, -0.25) is 4.79 Å². The summed E-state index contributed by atoms with van der Waals surface area (Å²) in [5, 5.41) is 20.0. The molecule has 5 N–H and O–H groups in total. The molecule has 0 bridgehead atoms. The number of aliphatic hydroxyl groups excluding tert-OH is 1. The van der Waals surface area contributed by atoms with Crippen LogP contribution < -0.4 is 11.1 Å². The van der Waals surface area contributed by atoms with Gasteiger partial charge in [-0.2, -0.15) is 0 Å². The fourth-order valence-electron chi connectivity index (χ4n) is 2.38. The summed E-state index contributed by atoms with van der Waals surface area (Å²) in [7, 11) is 0. The molecule has 0 radical (unpaired) electrons. The maximum atomic E-state index is 11.8. The van der Waals surface area contributed by atoms with Crippen LogP contribution in [0.25, 0.3) is 0 Å². The molecule has 0 aromatic heterocycles. The number of carbonyl (C=O) groups excluding carboxylic acids is 1. The molecule has 104 valence electrons. The summed E-state index contributed by atoms with van der Waals surface area (Å²) in [5.74, 6) is -1.48. The lowest BCUT2D eigenvalue weighted by molar-refractivity contribution is -0.142. The van der Waals surface area contributed by atoms with Gasteiger partial charge in [0, 0.05) is 25.0 Å². The Bertz CT molecular complexity index is 300. The zero-order chi connectivity index (χ0) is 13.6. The molecule has 6 nitrogen and oxygen atoms in total. The molecule has 1 rings (SSSR count). The van der Waals surface area contributed by atoms with Crippen LogP contribution in [0.1, 0.15) is 44.9 Å². The fourth-order valence-corrected chi connectivity index (χ4v) is 2.38. The zero-order valence-corrected chi connectivity index (χ0v) is 10.5. The quantitative estimate of drug-likeness (QED) is 0.535. The number of rotatable bonds is 6. The topological polar surface area (TPSA) is 113 Å². The molecule has 1 fully saturated rings. The van der Waals surface area contributed by atoms with E-state index in [-0.39, 0.29) is 25.4 Å². The number of hydrogen-bond acceptors (Lipinski definition) is 4. The number of hydrogen-bond donors (Lipinski definition) is 4. The second-order valence-electron chi connectivity index (χ2n) is 5.07. The SMILES string of the molecule is NC1(CC(=O)NC(CCO)C(=O)O)CCCCC1. The van der Waals surface area contributed by atoms with E-state index in [0.29, 0.717) is 0 Å². The van der Waals surface area contributed by atoms with Crippen molar-refractivity contribution in [1.29, 1.82) is 0 Å². The largest absolute Gasteiger partial charge is 0.480 e. The number of amides is 1. The maximum absolute atomic E-state index is 11.8. The summed E-state index contributed by atoms with van der Waals surface area (Å²) in [6.07, 6.45) is 4.95. The van der Waals surface area contributed by atoms with Crippen molar-refractivity contribution in [3.8, 4) is 0 Å². The Hall–Kier alpha value is -1.14. The van der Waals surface area contributed by atoms with Gasteiger partial charge in [-0.1, -0.05) is 19.3 Å². The monoisotopic (exact) mass is 258 g/mol. The Balaban J connectivity index is 2.46. The third kappa shape index (κ3) is 4.62. The van der Waals surface area contributed by atoms with Gasteiger partial charge in [0.25, 0.3) is 0 Å². The van der Waals surface area contributed by atoms with Crippen molar-refractivity contribution in [1.82, 2.24) is 5.32 Å². The molecule has 0 spiro atoms. The zero-order valence-electron chi connectivity index (χ0n) is 10.5. The molecule has 18 heavy (non-hydrogen) atoms. The molecule has 1 aliphatic carbocycles. The molecule has 1 atom stereocenters. The van der Waals surface area contributed by atoms with Crippen molar-refractivity contribution in [2.75, 3.05) is 6.61 Å². The highest BCUT2D eigenvalue weighted by atomic mass is 16.4. The molecule has 1 amide bonds. The second-order valence-corrected chi connectivity index (χ2v) is 5.07. The Morgan fingerprint density at radius 1 is 1.28 bits per heavy atom. The van der Waals surface area contributed by atoms with Gasteiger partial charge in [0.05, 0.1) is 0 Å². The van der Waals surface area contributed by atoms with Crippen LogP contribution in [0.4, 0.5) is 0 Å². The van der Waals surface area contributed by atoms with E-state index < -0.39 is 17.6 Å². The lowest BCUT2D eigenvalue weighted by Crippen LogP contribution is -2.49. The van der Waals surface area contributed by atoms with Gasteiger partial charge in [0.1, 0.15) is 6.04 Å². The van der Waals surface area contributed by atoms with Crippen molar-refractivity contribution in [3.63, 3.8) is 0 Å². The Morgan fingerprint density at radius 2 is 1.89 bits per heavy atom. The molecule has 0 aromatic rings. The lowest BCUT2D eigenvalue weighted by Gasteiger charge is -2.33. The van der Waals surface area contributed by atoms with Crippen molar-refractivity contribution < 1.29 is 19.8 Å². The molecule has 1 aliphatic rings. The number of carboxylic acids is 1. The van der Waals surface area contributed by atoms with Crippen LogP contribution >= 0.6 is 0 Å². The van der Waals surface area contributed by atoms with Gasteiger partial charge in [0.2, 0.25) is 5.91 Å². The Labute approximate surface area is 107 Å². The van der Waals surface area contributed by atoms with Gasteiger partial charge in [0.15, 0.2) is 0 Å². The van der Waals surface area contributed by atoms with E-state index in [9.17, 15) is 9.59 Å². The van der Waals surface area contributed by atoms with Crippen molar-refractivity contribution in [3.05, 3.63) is 0 Å². The van der Waals surface area contributed by atoms with E-state index in [1.807, 2.05) is 0 Å². The van der Waals surface area contributed by atoms with Gasteiger partial charge in [-0.15, -0.1) is 0 Å². The number of carboxylic acid groups (broad SMARTS) is 1. The average Bonchev–Trinajstić information content (AvgIpc) is 2.28. The number of carbonyl (C=O) groups is 2. The second kappa shape index (κ2) is 6.70. The smallest absolute Gasteiger partial charge is 0.326 e. The molecule has 0 heterocycles. The Kier molecular flexibility index (Phi) is 5.55. The molecule has 0 aromatic carbocycles. The standard InChI is InChI=1S/C12H22N2O4/c13-12(5-2-1-3-6-12)8-10(16)14-9(4-7-15)11(17)18/h9,15H,1-8,13H2,(H,14,16)(H,17,18). The predicted octanol–water partition coefficient (Wildman–Crippen LogP) is -0.0101. The van der Waals surface area contributed by atoms with Gasteiger partial charge < -0.3 is 21.3 Å². The van der Waals surface area contributed by atoms with Crippen LogP contribution in [-0.4, -0.2) is 40.3 Å². The summed E-state index contributed by atoms with van der Waals surface area (Å²) in [6, 6.07) is -1.03. The normalized spacial score (nSPS) is 20.1. The third-order valence-corrected chi connectivity index (χ3v) is 3.41. The molecule has 6 heteroatoms. The highest BCUT2D eigenvalue weighted by Crippen LogP contribution is 2.28. The van der Waals surface area contributed by atoms with Crippen LogP contribution in [0.2, 0.25) is 0 Å². The number of nitrogens with one attached hydrogen (secondary N) is 1. The van der Waals surface area contributed by atoms with E-state index in [1.165, 1.54) is 0 Å². The molecule has 1 unspecified atom stereocenters. The number of nitrogens with two attached hydrogens (primary N) is 1. The highest BCUT2D eigenvalue weighted by Gasteiger charge is 2.31. The third-order valence-electron chi connectivity index (χ3n) is 3.41. The van der Waals surface area contributed by atoms with Gasteiger partial charge >= 0.3 is 5.97 Å². The predicted molar refractivity (Wildman–Crippen MR) is 65.9 cm³/mol. The molecular weight excluding hydrogens is 236 g/mol. The minimum atomic E-state index is -1.13. The summed E-state index contributed by atoms with van der Waals surface area (Å²) >= 11 is 0. The minimum Gasteiger partial charge on any atom is -0.480 e. The first-order valence-corrected chi connectivity index (χ1v) is 6.39. The first kappa shape index (κ1) is 14.9.